The molecule has 3 aliphatic heterocycles. The molecule has 2 aromatic rings. The molecule has 31 heavy (non-hydrogen) atoms. The van der Waals surface area contributed by atoms with Gasteiger partial charge in [0.25, 0.3) is 0 Å². The van der Waals surface area contributed by atoms with Crippen molar-refractivity contribution in [3.63, 3.8) is 0 Å². The molecule has 0 radical (unpaired) electrons. The lowest BCUT2D eigenvalue weighted by atomic mass is 9.84. The topological polar surface area (TPSA) is 33.7 Å². The molecule has 0 amide bonds. The van der Waals surface area contributed by atoms with E-state index >= 15 is 0 Å². The van der Waals surface area contributed by atoms with Gasteiger partial charge < -0.3 is 19.7 Å². The maximum Gasteiger partial charge on any atom is 0.180 e. The van der Waals surface area contributed by atoms with E-state index in [1.165, 1.54) is 38.1 Å². The smallest absolute Gasteiger partial charge is 0.180 e. The predicted octanol–water partition coefficient (Wildman–Crippen LogP) is 5.48. The summed E-state index contributed by atoms with van der Waals surface area (Å²) < 4.78 is 24.8. The van der Waals surface area contributed by atoms with Gasteiger partial charge in [0.05, 0.1) is 11.6 Å². The first-order valence-corrected chi connectivity index (χ1v) is 10.8. The summed E-state index contributed by atoms with van der Waals surface area (Å²) in [6, 6.07) is 10.7. The van der Waals surface area contributed by atoms with Gasteiger partial charge in [0.1, 0.15) is 12.4 Å². The molecule has 3 aliphatic rings. The van der Waals surface area contributed by atoms with Crippen LogP contribution in [0.15, 0.2) is 36.4 Å². The number of hydrogen-bond acceptors (Lipinski definition) is 4. The first-order valence-electron chi connectivity index (χ1n) is 10.4. The van der Waals surface area contributed by atoms with Crippen LogP contribution in [0.3, 0.4) is 0 Å². The van der Waals surface area contributed by atoms with Crippen molar-refractivity contribution in [2.45, 2.75) is 39.0 Å². The van der Waals surface area contributed by atoms with Gasteiger partial charge in [-0.15, -0.1) is 24.8 Å². The van der Waals surface area contributed by atoms with E-state index in [1.54, 1.807) is 12.1 Å². The van der Waals surface area contributed by atoms with Crippen molar-refractivity contribution < 1.29 is 13.9 Å². The Morgan fingerprint density at radius 3 is 2.39 bits per heavy atom. The van der Waals surface area contributed by atoms with Crippen LogP contribution in [0.5, 0.6) is 11.5 Å². The molecular formula is C23H30Cl3FN2O2. The molecule has 2 bridgehead atoms. The van der Waals surface area contributed by atoms with E-state index in [0.717, 1.165) is 30.1 Å². The van der Waals surface area contributed by atoms with E-state index in [-0.39, 0.29) is 30.6 Å². The van der Waals surface area contributed by atoms with E-state index in [0.29, 0.717) is 35.8 Å². The van der Waals surface area contributed by atoms with Crippen LogP contribution in [0, 0.1) is 11.7 Å². The molecule has 3 heterocycles. The summed E-state index contributed by atoms with van der Waals surface area (Å²) >= 11 is 6.55. The van der Waals surface area contributed by atoms with Gasteiger partial charge in [-0.3, -0.25) is 0 Å². The minimum Gasteiger partial charge on any atom is -0.490 e. The molecule has 0 aliphatic carbocycles. The molecule has 1 atom stereocenters. The summed E-state index contributed by atoms with van der Waals surface area (Å²) in [7, 11) is 0. The van der Waals surface area contributed by atoms with Crippen LogP contribution < -0.4 is 14.8 Å². The van der Waals surface area contributed by atoms with Gasteiger partial charge in [-0.2, -0.15) is 0 Å². The number of nitrogens with one attached hydrogen (secondary N) is 1. The Morgan fingerprint density at radius 1 is 1.06 bits per heavy atom. The third-order valence-electron chi connectivity index (χ3n) is 5.89. The SMILES string of the molecule is CCOc1cc(CNC2CN3CCC2CC3)cc(Cl)c1OCc1ccc(F)cc1.Cl.Cl. The summed E-state index contributed by atoms with van der Waals surface area (Å²) in [5, 5.41) is 4.25. The molecule has 3 saturated heterocycles. The highest BCUT2D eigenvalue weighted by Gasteiger charge is 2.33. The third kappa shape index (κ3) is 6.62. The van der Waals surface area contributed by atoms with Crippen LogP contribution in [-0.2, 0) is 13.2 Å². The molecule has 3 fully saturated rings. The molecule has 172 valence electrons. The number of ether oxygens (including phenoxy) is 2. The second-order valence-electron chi connectivity index (χ2n) is 7.88. The lowest BCUT2D eigenvalue weighted by Crippen LogP contribution is -2.55. The summed E-state index contributed by atoms with van der Waals surface area (Å²) in [6.07, 6.45) is 2.58. The Kier molecular flexibility index (Phi) is 10.2. The molecule has 0 spiro atoms. The van der Waals surface area contributed by atoms with Crippen LogP contribution >= 0.6 is 36.4 Å². The molecule has 1 unspecified atom stereocenters. The Labute approximate surface area is 201 Å². The highest BCUT2D eigenvalue weighted by Crippen LogP contribution is 2.37. The van der Waals surface area contributed by atoms with Crippen molar-refractivity contribution in [3.05, 3.63) is 58.4 Å². The van der Waals surface area contributed by atoms with Crippen LogP contribution in [0.4, 0.5) is 4.39 Å². The van der Waals surface area contributed by atoms with Crippen LogP contribution in [0.1, 0.15) is 30.9 Å². The van der Waals surface area contributed by atoms with Crippen molar-refractivity contribution >= 4 is 36.4 Å². The molecule has 0 aromatic heterocycles. The number of piperidine rings is 3. The number of halogens is 4. The van der Waals surface area contributed by atoms with Gasteiger partial charge in [-0.1, -0.05) is 23.7 Å². The van der Waals surface area contributed by atoms with Gasteiger partial charge in [0, 0.05) is 19.1 Å². The quantitative estimate of drug-likeness (QED) is 0.530. The van der Waals surface area contributed by atoms with Gasteiger partial charge in [0.15, 0.2) is 11.5 Å². The number of hydrogen-bond donors (Lipinski definition) is 1. The number of rotatable bonds is 8. The second kappa shape index (κ2) is 12.1. The summed E-state index contributed by atoms with van der Waals surface area (Å²) in [5.41, 5.74) is 1.96. The van der Waals surface area contributed by atoms with Gasteiger partial charge in [-0.25, -0.2) is 4.39 Å². The van der Waals surface area contributed by atoms with Crippen molar-refractivity contribution in [2.24, 2.45) is 5.92 Å². The fraction of sp³-hybridized carbons (Fsp3) is 0.478. The lowest BCUT2D eigenvalue weighted by Gasteiger charge is -2.45. The van der Waals surface area contributed by atoms with E-state index in [4.69, 9.17) is 21.1 Å². The molecular weight excluding hydrogens is 462 g/mol. The molecule has 4 nitrogen and oxygen atoms in total. The second-order valence-corrected chi connectivity index (χ2v) is 8.29. The van der Waals surface area contributed by atoms with Crippen molar-refractivity contribution in [1.29, 1.82) is 0 Å². The fourth-order valence-corrected chi connectivity index (χ4v) is 4.60. The highest BCUT2D eigenvalue weighted by molar-refractivity contribution is 6.32. The Morgan fingerprint density at radius 2 is 1.77 bits per heavy atom. The first kappa shape index (κ1) is 26.0. The summed E-state index contributed by atoms with van der Waals surface area (Å²) in [6.45, 7) is 7.14. The summed E-state index contributed by atoms with van der Waals surface area (Å²) in [4.78, 5) is 2.54. The van der Waals surface area contributed by atoms with Crippen molar-refractivity contribution in [1.82, 2.24) is 10.2 Å². The van der Waals surface area contributed by atoms with Crippen molar-refractivity contribution in [2.75, 3.05) is 26.2 Å². The molecule has 8 heteroatoms. The van der Waals surface area contributed by atoms with Gasteiger partial charge in [-0.05, 0) is 74.2 Å². The normalized spacial score (nSPS) is 21.7. The highest BCUT2D eigenvalue weighted by atomic mass is 35.5. The lowest BCUT2D eigenvalue weighted by molar-refractivity contribution is 0.0720. The van der Waals surface area contributed by atoms with Gasteiger partial charge >= 0.3 is 0 Å². The van der Waals surface area contributed by atoms with Crippen LogP contribution in [0.25, 0.3) is 0 Å². The van der Waals surface area contributed by atoms with E-state index in [2.05, 4.69) is 10.2 Å². The molecule has 5 rings (SSSR count). The fourth-order valence-electron chi connectivity index (χ4n) is 4.31. The summed E-state index contributed by atoms with van der Waals surface area (Å²) in [5.74, 6) is 1.69. The maximum atomic E-state index is 13.1. The average molecular weight is 492 g/mol. The van der Waals surface area contributed by atoms with E-state index in [1.807, 2.05) is 19.1 Å². The third-order valence-corrected chi connectivity index (χ3v) is 6.17. The van der Waals surface area contributed by atoms with Crippen LogP contribution in [-0.4, -0.2) is 37.2 Å². The number of fused-ring (bicyclic) bond motifs is 3. The predicted molar refractivity (Wildman–Crippen MR) is 128 cm³/mol. The minimum atomic E-state index is -0.262. The van der Waals surface area contributed by atoms with E-state index in [9.17, 15) is 4.39 Å². The minimum absolute atomic E-state index is 0. The number of benzene rings is 2. The van der Waals surface area contributed by atoms with Crippen molar-refractivity contribution in [3.8, 4) is 11.5 Å². The molecule has 2 aromatic carbocycles. The standard InChI is InChI=1S/C23H28ClFN2O2.2ClH/c1-2-28-22-12-17(13-26-21-14-27-9-7-18(21)8-10-27)11-20(24)23(22)29-15-16-3-5-19(25)6-4-16;;/h3-6,11-12,18,21,26H,2,7-10,13-15H2,1H3;2*1H. The zero-order valence-electron chi connectivity index (χ0n) is 17.6. The molecule has 1 N–H and O–H groups in total. The first-order chi connectivity index (χ1) is 14.1. The largest absolute Gasteiger partial charge is 0.490 e. The Bertz CT molecular complexity index is 830. The monoisotopic (exact) mass is 490 g/mol. The average Bonchev–Trinajstić information content (AvgIpc) is 2.74. The Hall–Kier alpha value is -1.24. The maximum absolute atomic E-state index is 13.1. The van der Waals surface area contributed by atoms with E-state index < -0.39 is 0 Å². The van der Waals surface area contributed by atoms with Gasteiger partial charge in [0.2, 0.25) is 0 Å². The molecule has 0 saturated carbocycles. The zero-order valence-corrected chi connectivity index (χ0v) is 20.0. The van der Waals surface area contributed by atoms with Crippen LogP contribution in [0.2, 0.25) is 5.02 Å². The number of nitrogens with zero attached hydrogens (tertiary/aromatic N) is 1. The Balaban J connectivity index is 0.00000171. The zero-order chi connectivity index (χ0) is 20.2.